The first kappa shape index (κ1) is 13.4. The Kier molecular flexibility index (Phi) is 4.66. The van der Waals surface area contributed by atoms with Gasteiger partial charge in [0.05, 0.1) is 7.11 Å². The first-order valence-electron chi connectivity index (χ1n) is 5.39. The Morgan fingerprint density at radius 2 is 1.56 bits per heavy atom. The molecule has 0 N–H and O–H groups in total. The zero-order valence-corrected chi connectivity index (χ0v) is 13.0. The number of halogens is 2. The molecule has 2 nitrogen and oxygen atoms in total. The van der Waals surface area contributed by atoms with Gasteiger partial charge in [-0.3, -0.25) is 0 Å². The molecule has 18 heavy (non-hydrogen) atoms. The van der Waals surface area contributed by atoms with Crippen molar-refractivity contribution in [1.29, 1.82) is 0 Å². The fourth-order valence-corrected chi connectivity index (χ4v) is 2.72. The van der Waals surface area contributed by atoms with Crippen molar-refractivity contribution in [1.82, 2.24) is 0 Å². The highest BCUT2D eigenvalue weighted by atomic mass is 79.9. The first-order valence-corrected chi connectivity index (χ1v) is 7.30. The predicted molar refractivity (Wildman–Crippen MR) is 79.8 cm³/mol. The van der Waals surface area contributed by atoms with Gasteiger partial charge in [0.25, 0.3) is 0 Å². The molecule has 4 heteroatoms. The topological polar surface area (TPSA) is 18.5 Å². The summed E-state index contributed by atoms with van der Waals surface area (Å²) in [5.74, 6) is 2.43. The summed E-state index contributed by atoms with van der Waals surface area (Å²) >= 11 is 6.94. The van der Waals surface area contributed by atoms with Gasteiger partial charge in [-0.2, -0.15) is 0 Å². The smallest absolute Gasteiger partial charge is 0.127 e. The number of rotatable bonds is 4. The van der Waals surface area contributed by atoms with Crippen molar-refractivity contribution in [2.24, 2.45) is 0 Å². The molecule has 0 heterocycles. The van der Waals surface area contributed by atoms with Crippen LogP contribution in [-0.4, -0.2) is 7.11 Å². The Balaban J connectivity index is 2.17. The molecule has 0 fully saturated rings. The minimum absolute atomic E-state index is 0.785. The Hall–Kier alpha value is -1.000. The molecule has 94 valence electrons. The Labute approximate surface area is 123 Å². The van der Waals surface area contributed by atoms with Crippen LogP contribution in [0.5, 0.6) is 17.2 Å². The normalized spacial score (nSPS) is 10.2. The summed E-state index contributed by atoms with van der Waals surface area (Å²) < 4.78 is 12.0. The van der Waals surface area contributed by atoms with E-state index in [-0.39, 0.29) is 0 Å². The van der Waals surface area contributed by atoms with Gasteiger partial charge < -0.3 is 9.47 Å². The van der Waals surface area contributed by atoms with Gasteiger partial charge in [0.2, 0.25) is 0 Å². The van der Waals surface area contributed by atoms with E-state index in [4.69, 9.17) is 9.47 Å². The molecular weight excluding hydrogens is 360 g/mol. The molecule has 0 spiro atoms. The van der Waals surface area contributed by atoms with Crippen molar-refractivity contribution in [2.45, 2.75) is 5.33 Å². The molecule has 2 rings (SSSR count). The van der Waals surface area contributed by atoms with E-state index in [0.29, 0.717) is 0 Å². The maximum Gasteiger partial charge on any atom is 0.127 e. The number of methoxy groups -OCH3 is 1. The van der Waals surface area contributed by atoms with Gasteiger partial charge in [0, 0.05) is 9.80 Å². The fourth-order valence-electron chi connectivity index (χ4n) is 1.50. The van der Waals surface area contributed by atoms with Gasteiger partial charge in [-0.15, -0.1) is 0 Å². The average Bonchev–Trinajstić information content (AvgIpc) is 2.42. The van der Waals surface area contributed by atoms with Gasteiger partial charge >= 0.3 is 0 Å². The zero-order valence-electron chi connectivity index (χ0n) is 9.82. The monoisotopic (exact) mass is 370 g/mol. The molecule has 0 radical (unpaired) electrons. The number of alkyl halides is 1. The third-order valence-corrected chi connectivity index (χ3v) is 3.83. The molecule has 0 saturated carbocycles. The van der Waals surface area contributed by atoms with Crippen LogP contribution in [0.4, 0.5) is 0 Å². The van der Waals surface area contributed by atoms with Gasteiger partial charge in [-0.25, -0.2) is 0 Å². The molecule has 0 aliphatic heterocycles. The van der Waals surface area contributed by atoms with Crippen molar-refractivity contribution in [3.63, 3.8) is 0 Å². The van der Waals surface area contributed by atoms with Crippen LogP contribution in [0.25, 0.3) is 0 Å². The van der Waals surface area contributed by atoms with Gasteiger partial charge in [-0.05, 0) is 48.0 Å². The molecule has 0 saturated heterocycles. The number of hydrogen-bond donors (Lipinski definition) is 0. The Morgan fingerprint density at radius 3 is 2.17 bits per heavy atom. The first-order chi connectivity index (χ1) is 8.72. The van der Waals surface area contributed by atoms with Crippen molar-refractivity contribution in [2.75, 3.05) is 7.11 Å². The lowest BCUT2D eigenvalue weighted by atomic mass is 10.2. The van der Waals surface area contributed by atoms with E-state index in [1.807, 2.05) is 42.5 Å². The number of hydrogen-bond acceptors (Lipinski definition) is 2. The minimum atomic E-state index is 0.785. The van der Waals surface area contributed by atoms with E-state index >= 15 is 0 Å². The Bertz CT molecular complexity index is 524. The summed E-state index contributed by atoms with van der Waals surface area (Å²) in [7, 11) is 1.65. The van der Waals surface area contributed by atoms with E-state index in [1.54, 1.807) is 7.11 Å². The van der Waals surface area contributed by atoms with Crippen LogP contribution < -0.4 is 9.47 Å². The summed E-state index contributed by atoms with van der Waals surface area (Å²) in [6.07, 6.45) is 0. The highest BCUT2D eigenvalue weighted by molar-refractivity contribution is 9.10. The summed E-state index contributed by atoms with van der Waals surface area (Å²) in [4.78, 5) is 0. The lowest BCUT2D eigenvalue weighted by Gasteiger charge is -2.08. The number of ether oxygens (including phenoxy) is 2. The zero-order chi connectivity index (χ0) is 13.0. The summed E-state index contributed by atoms with van der Waals surface area (Å²) in [6, 6.07) is 13.4. The largest absolute Gasteiger partial charge is 0.497 e. The van der Waals surface area contributed by atoms with E-state index in [9.17, 15) is 0 Å². The predicted octanol–water partition coefficient (Wildman–Crippen LogP) is 5.14. The van der Waals surface area contributed by atoms with Gasteiger partial charge in [0.1, 0.15) is 17.2 Å². The van der Waals surface area contributed by atoms with Crippen molar-refractivity contribution < 1.29 is 9.47 Å². The number of benzene rings is 2. The van der Waals surface area contributed by atoms with E-state index < -0.39 is 0 Å². The Morgan fingerprint density at radius 1 is 0.944 bits per heavy atom. The van der Waals surface area contributed by atoms with E-state index in [0.717, 1.165) is 32.6 Å². The highest BCUT2D eigenvalue weighted by Gasteiger charge is 2.03. The van der Waals surface area contributed by atoms with Gasteiger partial charge in [0.15, 0.2) is 0 Å². The molecule has 0 amide bonds. The minimum Gasteiger partial charge on any atom is -0.497 e. The SMILES string of the molecule is COc1ccc(Oc2ccc(Br)c(CBr)c2)cc1. The molecule has 2 aromatic carbocycles. The van der Waals surface area contributed by atoms with Crippen LogP contribution in [0.3, 0.4) is 0 Å². The highest BCUT2D eigenvalue weighted by Crippen LogP contribution is 2.28. The summed E-state index contributed by atoms with van der Waals surface area (Å²) in [5.41, 5.74) is 1.15. The lowest BCUT2D eigenvalue weighted by Crippen LogP contribution is -1.88. The second-order valence-corrected chi connectivity index (χ2v) is 5.08. The van der Waals surface area contributed by atoms with Crippen molar-refractivity contribution >= 4 is 31.9 Å². The second-order valence-electron chi connectivity index (χ2n) is 3.66. The molecule has 0 unspecified atom stereocenters. The third-order valence-electron chi connectivity index (χ3n) is 2.46. The third kappa shape index (κ3) is 3.27. The van der Waals surface area contributed by atoms with Crippen LogP contribution in [0, 0.1) is 0 Å². The quantitative estimate of drug-likeness (QED) is 0.692. The average molecular weight is 372 g/mol. The maximum absolute atomic E-state index is 5.78. The van der Waals surface area contributed by atoms with Crippen molar-refractivity contribution in [3.05, 3.63) is 52.5 Å². The fraction of sp³-hybridized carbons (Fsp3) is 0.143. The summed E-state index contributed by atoms with van der Waals surface area (Å²) in [6.45, 7) is 0. The van der Waals surface area contributed by atoms with Gasteiger partial charge in [-0.1, -0.05) is 31.9 Å². The molecular formula is C14H12Br2O2. The maximum atomic E-state index is 5.78. The molecule has 2 aromatic rings. The van der Waals surface area contributed by atoms with Crippen LogP contribution in [-0.2, 0) is 5.33 Å². The van der Waals surface area contributed by atoms with Crippen LogP contribution in [0.15, 0.2) is 46.9 Å². The second kappa shape index (κ2) is 6.25. The van der Waals surface area contributed by atoms with E-state index in [1.165, 1.54) is 0 Å². The van der Waals surface area contributed by atoms with E-state index in [2.05, 4.69) is 31.9 Å². The van der Waals surface area contributed by atoms with Crippen LogP contribution in [0.1, 0.15) is 5.56 Å². The molecule has 0 atom stereocenters. The van der Waals surface area contributed by atoms with Crippen LogP contribution >= 0.6 is 31.9 Å². The standard InChI is InChI=1S/C14H12Br2O2/c1-17-11-2-4-12(5-3-11)18-13-6-7-14(16)10(8-13)9-15/h2-8H,9H2,1H3. The summed E-state index contributed by atoms with van der Waals surface area (Å²) in [5, 5.41) is 0.785. The molecule has 0 aromatic heterocycles. The van der Waals surface area contributed by atoms with Crippen molar-refractivity contribution in [3.8, 4) is 17.2 Å². The van der Waals surface area contributed by atoms with Crippen LogP contribution in [0.2, 0.25) is 0 Å². The molecule has 0 bridgehead atoms. The molecule has 0 aliphatic rings. The lowest BCUT2D eigenvalue weighted by molar-refractivity contribution is 0.413. The molecule has 0 aliphatic carbocycles.